The highest BCUT2D eigenvalue weighted by Crippen LogP contribution is 2.37. The van der Waals surface area contributed by atoms with Gasteiger partial charge in [-0.05, 0) is 12.0 Å². The molecule has 5 aliphatic rings. The lowest BCUT2D eigenvalue weighted by molar-refractivity contribution is -0.382. The quantitative estimate of drug-likeness (QED) is 0.0195. The van der Waals surface area contributed by atoms with E-state index in [2.05, 4.69) is 20.7 Å². The van der Waals surface area contributed by atoms with E-state index in [9.17, 15) is 96.1 Å². The molecule has 2 amide bonds. The van der Waals surface area contributed by atoms with Gasteiger partial charge in [0.2, 0.25) is 11.8 Å². The van der Waals surface area contributed by atoms with Crippen LogP contribution in [0.3, 0.4) is 0 Å². The molecule has 0 aromatic heterocycles. The van der Waals surface area contributed by atoms with E-state index in [4.69, 9.17) is 52.9 Å². The van der Waals surface area contributed by atoms with E-state index in [1.807, 2.05) is 0 Å². The van der Waals surface area contributed by atoms with E-state index >= 15 is 0 Å². The maximum Gasteiger partial charge on any atom is 0.364 e. The Morgan fingerprint density at radius 3 is 1.76 bits per heavy atom. The van der Waals surface area contributed by atoms with Gasteiger partial charge in [0.25, 0.3) is 5.79 Å². The molecule has 426 valence electrons. The minimum atomic E-state index is -2.97. The molecule has 5 aliphatic heterocycles. The first-order chi connectivity index (χ1) is 35.0. The van der Waals surface area contributed by atoms with Gasteiger partial charge in [-0.15, -0.1) is 0 Å². The molecule has 74 heavy (non-hydrogen) atoms. The number of amides is 2. The van der Waals surface area contributed by atoms with E-state index in [0.29, 0.717) is 0 Å². The van der Waals surface area contributed by atoms with Gasteiger partial charge in [0.15, 0.2) is 25.2 Å². The molecule has 0 aliphatic carbocycles. The number of ether oxygens (including phenoxy) is 10. The molecule has 0 spiro atoms. The van der Waals surface area contributed by atoms with Crippen LogP contribution in [-0.2, 0) is 61.8 Å². The van der Waals surface area contributed by atoms with E-state index in [1.54, 1.807) is 0 Å². The Morgan fingerprint density at radius 1 is 0.662 bits per heavy atom. The minimum Gasteiger partial charge on any atom is -0.477 e. The van der Waals surface area contributed by atoms with Crippen molar-refractivity contribution in [1.29, 1.82) is 0 Å². The smallest absolute Gasteiger partial charge is 0.364 e. The largest absolute Gasteiger partial charge is 0.477 e. The zero-order valence-corrected chi connectivity index (χ0v) is 39.6. The third-order valence-corrected chi connectivity index (χ3v) is 12.8. The SMILES string of the molecule is CC(=O)N[C@H]1[C@H](O[C@H]2[C@@H](O)[C@@H](CO)O[C@@H](O[C@H]3[C@H](O)[C@@H](O)[C@H](OCCCN=[N+]=[N-])O[C@@H]3CO)[C@@H]2O)O[C@H](CO)[C@@H](O[C@@H]2O[C@H](CO[C@]3(C(=O)O)C[C@H](O)[C@@H](NC(C)=O)[C@H]([C@H](O)[C@H](O)CO)O3)[C@H](O)[C@H](O)[C@H]2O)[C@@H]1O. The number of hydrogen-bond acceptors (Lipinski definition) is 29. The third kappa shape index (κ3) is 14.1. The van der Waals surface area contributed by atoms with Crippen molar-refractivity contribution in [3.05, 3.63) is 10.4 Å². The van der Waals surface area contributed by atoms with Crippen molar-refractivity contribution in [2.24, 2.45) is 5.11 Å². The number of aliphatic carboxylic acids is 1. The van der Waals surface area contributed by atoms with E-state index in [-0.39, 0.29) is 19.6 Å². The van der Waals surface area contributed by atoms with Gasteiger partial charge < -0.3 is 140 Å². The van der Waals surface area contributed by atoms with Crippen molar-refractivity contribution in [3.8, 4) is 0 Å². The van der Waals surface area contributed by atoms with Crippen molar-refractivity contribution in [2.45, 2.75) is 186 Å². The molecule has 0 unspecified atom stereocenters. The zero-order valence-electron chi connectivity index (χ0n) is 39.6. The Bertz CT molecular complexity index is 1860. The van der Waals surface area contributed by atoms with Crippen LogP contribution in [0.1, 0.15) is 26.7 Å². The summed E-state index contributed by atoms with van der Waals surface area (Å²) >= 11 is 0. The van der Waals surface area contributed by atoms with Gasteiger partial charge >= 0.3 is 5.97 Å². The molecule has 18 N–H and O–H groups in total. The molecule has 5 fully saturated rings. The maximum absolute atomic E-state index is 12.7. The number of carboxylic acids is 1. The molecule has 34 heteroatoms. The molecule has 0 radical (unpaired) electrons. The first-order valence-corrected chi connectivity index (χ1v) is 23.2. The molecular weight excluding hydrogens is 1010 g/mol. The number of carboxylic acid groups (broad SMARTS) is 1. The fourth-order valence-electron chi connectivity index (χ4n) is 8.93. The number of aliphatic hydroxyl groups excluding tert-OH is 15. The molecule has 0 bridgehead atoms. The van der Waals surface area contributed by atoms with Crippen LogP contribution < -0.4 is 10.6 Å². The Labute approximate surface area is 419 Å². The minimum absolute atomic E-state index is 0.0297. The summed E-state index contributed by atoms with van der Waals surface area (Å²) in [4.78, 5) is 39.8. The summed E-state index contributed by atoms with van der Waals surface area (Å²) in [5.41, 5.74) is 8.46. The number of carbonyl (C=O) groups is 3. The van der Waals surface area contributed by atoms with Crippen molar-refractivity contribution >= 4 is 17.8 Å². The average Bonchev–Trinajstić information content (AvgIpc) is 3.36. The maximum atomic E-state index is 12.7. The highest BCUT2D eigenvalue weighted by molar-refractivity contribution is 5.76. The molecule has 5 heterocycles. The lowest BCUT2D eigenvalue weighted by atomic mass is 9.88. The molecule has 0 aromatic rings. The number of nitrogens with zero attached hydrogens (tertiary/aromatic N) is 3. The van der Waals surface area contributed by atoms with Gasteiger partial charge in [-0.3, -0.25) is 9.59 Å². The Morgan fingerprint density at radius 2 is 1.19 bits per heavy atom. The van der Waals surface area contributed by atoms with Crippen LogP contribution in [0.4, 0.5) is 0 Å². The van der Waals surface area contributed by atoms with Crippen molar-refractivity contribution < 1.29 is 143 Å². The normalized spacial score (nSPS) is 43.6. The predicted molar refractivity (Wildman–Crippen MR) is 229 cm³/mol. The summed E-state index contributed by atoms with van der Waals surface area (Å²) in [6.07, 6.45) is -45.4. The van der Waals surface area contributed by atoms with Crippen molar-refractivity contribution in [3.63, 3.8) is 0 Å². The standard InChI is InChI=1S/C40H67N5O29/c1-12(50)43-20-14(52)6-40(39(63)64,74-33(20)22(54)15(53)7-46)66-11-19-23(55)26(58)28(60)37(70-19)71-31-17(9-48)68-35(21(25(31)57)44-13(2)51)73-34-24(56)16(8-47)67-38(30(34)62)72-32-18(10-49)69-36(29(61)27(32)59)65-5-3-4-42-45-41/h14-38,46-49,52-62H,3-11H2,1-2H3,(H,43,50)(H,44,51)(H,63,64)/t14-,15+,16+,17+,18+,19+,20+,21+,22+,23-,24-,25+,26-,27+,28+,29+,30+,31+,32+,33+,34-,35-,36+,37-,38-,40+/m0/s1. The molecule has 0 saturated carbocycles. The Kier molecular flexibility index (Phi) is 22.8. The van der Waals surface area contributed by atoms with Crippen LogP contribution in [0.15, 0.2) is 5.11 Å². The summed E-state index contributed by atoms with van der Waals surface area (Å²) in [5, 5.41) is 180. The van der Waals surface area contributed by atoms with Crippen molar-refractivity contribution in [1.82, 2.24) is 10.6 Å². The molecular formula is C40H67N5O29. The van der Waals surface area contributed by atoms with Crippen LogP contribution in [0.25, 0.3) is 10.4 Å². The van der Waals surface area contributed by atoms with Crippen LogP contribution in [0, 0.1) is 0 Å². The van der Waals surface area contributed by atoms with Gasteiger partial charge in [-0.1, -0.05) is 5.11 Å². The molecule has 5 saturated heterocycles. The number of azide groups is 1. The van der Waals surface area contributed by atoms with Gasteiger partial charge in [0.05, 0.1) is 45.2 Å². The molecule has 0 aromatic carbocycles. The summed E-state index contributed by atoms with van der Waals surface area (Å²) in [7, 11) is 0. The van der Waals surface area contributed by atoms with Gasteiger partial charge in [-0.2, -0.15) is 0 Å². The molecule has 26 atom stereocenters. The second-order valence-electron chi connectivity index (χ2n) is 18.0. The monoisotopic (exact) mass is 1080 g/mol. The fraction of sp³-hybridized carbons (Fsp3) is 0.925. The van der Waals surface area contributed by atoms with Crippen LogP contribution in [0.2, 0.25) is 0 Å². The second kappa shape index (κ2) is 27.3. The van der Waals surface area contributed by atoms with Crippen LogP contribution >= 0.6 is 0 Å². The summed E-state index contributed by atoms with van der Waals surface area (Å²) in [6.45, 7) is -3.19. The van der Waals surface area contributed by atoms with Gasteiger partial charge in [0.1, 0.15) is 116 Å². The van der Waals surface area contributed by atoms with E-state index < -0.39 is 216 Å². The second-order valence-corrected chi connectivity index (χ2v) is 18.0. The topological polar surface area (TPSA) is 540 Å². The lowest BCUT2D eigenvalue weighted by Gasteiger charge is -2.50. The number of aliphatic hydroxyl groups is 15. The Balaban J connectivity index is 1.32. The molecule has 34 nitrogen and oxygen atoms in total. The fourth-order valence-corrected chi connectivity index (χ4v) is 8.93. The van der Waals surface area contributed by atoms with Crippen molar-refractivity contribution in [2.75, 3.05) is 46.2 Å². The number of nitrogens with one attached hydrogen (secondary N) is 2. The Hall–Kier alpha value is -3.28. The zero-order chi connectivity index (χ0) is 54.9. The van der Waals surface area contributed by atoms with Gasteiger partial charge in [-0.25, -0.2) is 4.79 Å². The molecule has 5 rings (SSSR count). The average molecular weight is 1080 g/mol. The summed E-state index contributed by atoms with van der Waals surface area (Å²) < 4.78 is 56.7. The number of rotatable bonds is 23. The van der Waals surface area contributed by atoms with Gasteiger partial charge in [0, 0.05) is 38.3 Å². The van der Waals surface area contributed by atoms with E-state index in [0.717, 1.165) is 13.8 Å². The highest BCUT2D eigenvalue weighted by Gasteiger charge is 2.59. The first-order valence-electron chi connectivity index (χ1n) is 23.2. The first kappa shape index (κ1) is 61.6. The predicted octanol–water partition coefficient (Wildman–Crippen LogP) is -10.7. The van der Waals surface area contributed by atoms with Crippen LogP contribution in [0.5, 0.6) is 0 Å². The lowest BCUT2D eigenvalue weighted by Crippen LogP contribution is -2.70. The summed E-state index contributed by atoms with van der Waals surface area (Å²) in [5.74, 6) is -6.57. The van der Waals surface area contributed by atoms with E-state index in [1.165, 1.54) is 0 Å². The summed E-state index contributed by atoms with van der Waals surface area (Å²) in [6, 6.07) is -3.38. The number of hydrogen-bond donors (Lipinski definition) is 18. The third-order valence-electron chi connectivity index (χ3n) is 12.8. The number of carbonyl (C=O) groups excluding carboxylic acids is 2. The highest BCUT2D eigenvalue weighted by atomic mass is 16.8. The van der Waals surface area contributed by atoms with Crippen LogP contribution in [-0.4, -0.2) is 305 Å².